The zero-order chi connectivity index (χ0) is 26.1. The van der Waals surface area contributed by atoms with Crippen LogP contribution in [0.3, 0.4) is 0 Å². The maximum absolute atomic E-state index is 11.8. The normalized spacial score (nSPS) is 19.0. The topological polar surface area (TPSA) is 206 Å². The van der Waals surface area contributed by atoms with Crippen molar-refractivity contribution in [2.45, 2.75) is 51.0 Å². The molecule has 2 bridgehead atoms. The molecule has 0 saturated heterocycles. The molecule has 3 N–H and O–H groups in total. The lowest BCUT2D eigenvalue weighted by Crippen LogP contribution is -2.55. The van der Waals surface area contributed by atoms with Gasteiger partial charge in [-0.3, -0.25) is 24.5 Å². The highest BCUT2D eigenvalue weighted by Crippen LogP contribution is 2.16. The smallest absolute Gasteiger partial charge is 0.305 e. The van der Waals surface area contributed by atoms with Crippen LogP contribution in [0.1, 0.15) is 31.2 Å². The number of rotatable bonds is 10. The van der Waals surface area contributed by atoms with E-state index in [1.54, 1.807) is 23.1 Å². The highest BCUT2D eigenvalue weighted by atomic mass is 16.4. The SMILES string of the molecule is CC(C(=O)[O-])N1CCN(C(CCN)C(=O)[O-])Cc2cccc(n2)CN(C(CC(=O)O)C(=O)[O-])CC1. The zero-order valence-electron chi connectivity index (χ0n) is 19.5. The van der Waals surface area contributed by atoms with Gasteiger partial charge in [0.05, 0.1) is 47.8 Å². The summed E-state index contributed by atoms with van der Waals surface area (Å²) in [5.41, 5.74) is 6.52. The molecule has 13 heteroatoms. The van der Waals surface area contributed by atoms with Gasteiger partial charge in [-0.25, -0.2) is 0 Å². The number of aromatic nitrogens is 1. The van der Waals surface area contributed by atoms with Gasteiger partial charge in [0.25, 0.3) is 0 Å². The molecule has 0 radical (unpaired) electrons. The summed E-state index contributed by atoms with van der Waals surface area (Å²) in [6.45, 7) is 1.82. The van der Waals surface area contributed by atoms with Gasteiger partial charge in [0.15, 0.2) is 0 Å². The van der Waals surface area contributed by atoms with Crippen molar-refractivity contribution >= 4 is 23.9 Å². The zero-order valence-corrected chi connectivity index (χ0v) is 19.5. The Balaban J connectivity index is 2.48. The third-order valence-electron chi connectivity index (χ3n) is 6.07. The minimum Gasteiger partial charge on any atom is -0.548 e. The van der Waals surface area contributed by atoms with E-state index in [1.807, 2.05) is 0 Å². The van der Waals surface area contributed by atoms with Gasteiger partial charge >= 0.3 is 5.97 Å². The van der Waals surface area contributed by atoms with Gasteiger partial charge in [-0.2, -0.15) is 0 Å². The van der Waals surface area contributed by atoms with Crippen LogP contribution in [0, 0.1) is 0 Å². The van der Waals surface area contributed by atoms with Gasteiger partial charge in [-0.05, 0) is 32.0 Å². The van der Waals surface area contributed by atoms with Gasteiger partial charge in [-0.1, -0.05) is 6.07 Å². The number of carboxylic acid groups (broad SMARTS) is 4. The fourth-order valence-electron chi connectivity index (χ4n) is 4.11. The van der Waals surface area contributed by atoms with Crippen LogP contribution in [0.4, 0.5) is 0 Å². The first-order chi connectivity index (χ1) is 16.5. The lowest BCUT2D eigenvalue weighted by Gasteiger charge is -2.38. The summed E-state index contributed by atoms with van der Waals surface area (Å²) in [6, 6.07) is 1.43. The first-order valence-electron chi connectivity index (χ1n) is 11.2. The molecule has 1 aromatic rings. The molecule has 35 heavy (non-hydrogen) atoms. The number of aliphatic carboxylic acids is 4. The molecule has 0 fully saturated rings. The van der Waals surface area contributed by atoms with Crippen molar-refractivity contribution in [3.05, 3.63) is 29.6 Å². The van der Waals surface area contributed by atoms with E-state index in [0.29, 0.717) is 11.4 Å². The van der Waals surface area contributed by atoms with Gasteiger partial charge < -0.3 is 40.5 Å². The minimum absolute atomic E-state index is 0.0117. The Morgan fingerprint density at radius 1 is 0.914 bits per heavy atom. The Hall–Kier alpha value is -3.13. The van der Waals surface area contributed by atoms with E-state index in [-0.39, 0.29) is 52.2 Å². The number of nitrogens with two attached hydrogens (primary N) is 1. The van der Waals surface area contributed by atoms with Crippen LogP contribution in [0.5, 0.6) is 0 Å². The summed E-state index contributed by atoms with van der Waals surface area (Å²) in [5, 5.41) is 44.4. The molecule has 1 aliphatic rings. The Morgan fingerprint density at radius 3 is 1.83 bits per heavy atom. The second-order valence-electron chi connectivity index (χ2n) is 8.44. The van der Waals surface area contributed by atoms with Crippen LogP contribution in [0.15, 0.2) is 18.2 Å². The molecule has 0 amide bonds. The predicted molar refractivity (Wildman–Crippen MR) is 115 cm³/mol. The Morgan fingerprint density at radius 2 is 1.40 bits per heavy atom. The minimum atomic E-state index is -1.57. The van der Waals surface area contributed by atoms with E-state index < -0.39 is 48.4 Å². The van der Waals surface area contributed by atoms with Crippen LogP contribution in [-0.4, -0.2) is 99.5 Å². The molecule has 13 nitrogen and oxygen atoms in total. The van der Waals surface area contributed by atoms with E-state index in [1.165, 1.54) is 16.7 Å². The van der Waals surface area contributed by atoms with Crippen LogP contribution in [-0.2, 0) is 32.3 Å². The quantitative estimate of drug-likeness (QED) is 0.315. The number of hydrogen-bond donors (Lipinski definition) is 2. The van der Waals surface area contributed by atoms with Gasteiger partial charge in [-0.15, -0.1) is 0 Å². The van der Waals surface area contributed by atoms with Crippen LogP contribution in [0.25, 0.3) is 0 Å². The van der Waals surface area contributed by atoms with Crippen LogP contribution >= 0.6 is 0 Å². The molecule has 3 atom stereocenters. The summed E-state index contributed by atoms with van der Waals surface area (Å²) < 4.78 is 0. The first kappa shape index (κ1) is 28.1. The number of fused-ring (bicyclic) bond motifs is 2. The number of carbonyl (C=O) groups excluding carboxylic acids is 3. The second-order valence-corrected chi connectivity index (χ2v) is 8.44. The van der Waals surface area contributed by atoms with E-state index in [4.69, 9.17) is 5.73 Å². The van der Waals surface area contributed by atoms with Crippen molar-refractivity contribution in [3.8, 4) is 0 Å². The Kier molecular flexibility index (Phi) is 10.5. The molecule has 0 spiro atoms. The number of hydrogen-bond acceptors (Lipinski definition) is 12. The molecule has 1 aromatic heterocycles. The number of pyridine rings is 1. The van der Waals surface area contributed by atoms with E-state index in [9.17, 15) is 39.6 Å². The van der Waals surface area contributed by atoms with Crippen molar-refractivity contribution in [1.82, 2.24) is 19.7 Å². The fraction of sp³-hybridized carbons (Fsp3) is 0.591. The van der Waals surface area contributed by atoms with E-state index in [2.05, 4.69) is 4.98 Å². The van der Waals surface area contributed by atoms with Gasteiger partial charge in [0.1, 0.15) is 0 Å². The second kappa shape index (κ2) is 13.1. The first-order valence-corrected chi connectivity index (χ1v) is 11.2. The van der Waals surface area contributed by atoms with Gasteiger partial charge in [0, 0.05) is 45.3 Å². The molecule has 0 saturated carbocycles. The summed E-state index contributed by atoms with van der Waals surface area (Å²) in [6.07, 6.45) is -0.591. The maximum atomic E-state index is 11.8. The molecule has 2 rings (SSSR count). The molecule has 194 valence electrons. The van der Waals surface area contributed by atoms with Crippen LogP contribution < -0.4 is 21.1 Å². The molecule has 0 aliphatic carbocycles. The largest absolute Gasteiger partial charge is 0.548 e. The summed E-state index contributed by atoms with van der Waals surface area (Å²) in [4.78, 5) is 55.5. The monoisotopic (exact) mass is 492 g/mol. The molecule has 2 heterocycles. The molecular formula is C22H30N5O8-3. The number of carbonyl (C=O) groups is 4. The van der Waals surface area contributed by atoms with Crippen LogP contribution in [0.2, 0.25) is 0 Å². The summed E-state index contributed by atoms with van der Waals surface area (Å²) >= 11 is 0. The van der Waals surface area contributed by atoms with Crippen molar-refractivity contribution in [3.63, 3.8) is 0 Å². The molecule has 0 aromatic carbocycles. The Labute approximate surface area is 202 Å². The van der Waals surface area contributed by atoms with E-state index in [0.717, 1.165) is 0 Å². The maximum Gasteiger partial charge on any atom is 0.305 e. The van der Waals surface area contributed by atoms with Crippen molar-refractivity contribution in [2.75, 3.05) is 32.7 Å². The average Bonchev–Trinajstić information content (AvgIpc) is 2.78. The average molecular weight is 493 g/mol. The third kappa shape index (κ3) is 8.24. The van der Waals surface area contributed by atoms with E-state index >= 15 is 0 Å². The Bertz CT molecular complexity index is 914. The standard InChI is InChI=1S/C22H33N5O8/c1-14(20(30)31)25-7-9-26(17(5-6-23)21(32)33)12-15-3-2-4-16(24-15)13-27(10-8-25)18(22(34)35)11-19(28)29/h2-4,14,17-18H,5-13,23H2,1H3,(H,28,29)(H,30,31)(H,32,33)(H,34,35)/p-3. The summed E-state index contributed by atoms with van der Waals surface area (Å²) in [5.74, 6) is -5.56. The molecule has 1 aliphatic heterocycles. The lowest BCUT2D eigenvalue weighted by molar-refractivity contribution is -0.314. The summed E-state index contributed by atoms with van der Waals surface area (Å²) in [7, 11) is 0. The number of carboxylic acids is 4. The van der Waals surface area contributed by atoms with Crippen molar-refractivity contribution in [1.29, 1.82) is 0 Å². The highest BCUT2D eigenvalue weighted by molar-refractivity contribution is 5.79. The number of nitrogens with zero attached hydrogens (tertiary/aromatic N) is 4. The molecular weight excluding hydrogens is 462 g/mol. The lowest BCUT2D eigenvalue weighted by atomic mass is 10.1. The molecule has 3 unspecified atom stereocenters. The fourth-order valence-corrected chi connectivity index (χ4v) is 4.11. The van der Waals surface area contributed by atoms with Gasteiger partial charge in [0.2, 0.25) is 0 Å². The van der Waals surface area contributed by atoms with Crippen molar-refractivity contribution < 1.29 is 39.6 Å². The third-order valence-corrected chi connectivity index (χ3v) is 6.07. The predicted octanol–water partition coefficient (Wildman–Crippen LogP) is -4.80. The highest BCUT2D eigenvalue weighted by Gasteiger charge is 2.27. The van der Waals surface area contributed by atoms with Crippen molar-refractivity contribution in [2.24, 2.45) is 5.73 Å².